The number of carbonyl (C=O) groups excluding carboxylic acids is 4. The molecule has 9 rings (SSSR count). The van der Waals surface area contributed by atoms with Crippen molar-refractivity contribution in [3.8, 4) is 0 Å². The number of phosphoric ester groups is 2. The second-order valence-corrected chi connectivity index (χ2v) is 35.6. The molecule has 4 aromatic heterocycles. The summed E-state index contributed by atoms with van der Waals surface area (Å²) >= 11 is 0. The van der Waals surface area contributed by atoms with Crippen molar-refractivity contribution in [3.05, 3.63) is 47.6 Å². The number of unbranched alkanes of at least 4 members (excludes halogenated alkanes) is 4. The van der Waals surface area contributed by atoms with Crippen molar-refractivity contribution in [1.82, 2.24) is 91.0 Å². The van der Waals surface area contributed by atoms with Crippen molar-refractivity contribution in [2.75, 3.05) is 146 Å². The summed E-state index contributed by atoms with van der Waals surface area (Å²) in [4.78, 5) is 75.6. The van der Waals surface area contributed by atoms with E-state index in [2.05, 4.69) is 71.9 Å². The van der Waals surface area contributed by atoms with Crippen molar-refractivity contribution in [1.29, 1.82) is 0 Å². The maximum atomic E-state index is 15.2. The molecule has 0 saturated carbocycles. The van der Waals surface area contributed by atoms with E-state index >= 15 is 4.79 Å². The third-order valence-corrected chi connectivity index (χ3v) is 24.3. The number of hydrogen-bond donors (Lipinski definition) is 18. The molecule has 0 aromatic carbocycles. The molecule has 0 spiro atoms. The minimum absolute atomic E-state index is 0.00365. The smallest absolute Gasteiger partial charge is 0.394 e. The molecule has 5 fully saturated rings. The van der Waals surface area contributed by atoms with E-state index in [-0.39, 0.29) is 170 Å². The van der Waals surface area contributed by atoms with Gasteiger partial charge in [0.15, 0.2) is 25.2 Å². The first-order valence-electron chi connectivity index (χ1n) is 44.5. The van der Waals surface area contributed by atoms with Gasteiger partial charge in [0.2, 0.25) is 23.6 Å². The van der Waals surface area contributed by atoms with Gasteiger partial charge >= 0.3 is 15.6 Å². The second-order valence-electron chi connectivity index (χ2n) is 32.6. The Morgan fingerprint density at radius 2 is 0.843 bits per heavy atom. The molecule has 5 aliphatic heterocycles. The van der Waals surface area contributed by atoms with E-state index in [1.807, 2.05) is 4.90 Å². The van der Waals surface area contributed by atoms with Crippen molar-refractivity contribution < 1.29 is 179 Å². The zero-order valence-electron chi connectivity index (χ0n) is 75.6. The van der Waals surface area contributed by atoms with Gasteiger partial charge in [0.05, 0.1) is 180 Å². The highest BCUT2D eigenvalue weighted by molar-refractivity contribution is 7.47. The lowest BCUT2D eigenvalue weighted by Crippen LogP contribution is -2.64. The molecule has 57 heteroatoms. The monoisotopic (exact) mass is 1960 g/mol. The van der Waals surface area contributed by atoms with Crippen molar-refractivity contribution in [2.24, 2.45) is 5.92 Å². The fourth-order valence-electron chi connectivity index (χ4n) is 15.2. The van der Waals surface area contributed by atoms with Crippen LogP contribution >= 0.6 is 15.6 Å². The van der Waals surface area contributed by atoms with E-state index in [1.165, 1.54) is 20.8 Å². The van der Waals surface area contributed by atoms with Crippen LogP contribution in [-0.2, 0) is 160 Å². The quantitative estimate of drug-likeness (QED) is 0.0144. The van der Waals surface area contributed by atoms with Crippen LogP contribution < -0.4 is 21.3 Å². The summed E-state index contributed by atoms with van der Waals surface area (Å²) in [6.45, 7) is 4.82. The van der Waals surface area contributed by atoms with Crippen molar-refractivity contribution in [3.63, 3.8) is 0 Å². The average Bonchev–Trinajstić information content (AvgIpc) is 1.28. The second kappa shape index (κ2) is 57.3. The minimum Gasteiger partial charge on any atom is -0.394 e. The molecule has 5 saturated heterocycles. The first-order valence-corrected chi connectivity index (χ1v) is 47.5. The normalized spacial score (nSPS) is 28.5. The summed E-state index contributed by atoms with van der Waals surface area (Å²) in [7, 11) is -8.04. The van der Waals surface area contributed by atoms with Gasteiger partial charge < -0.3 is 154 Å². The Balaban J connectivity index is 0.890. The molecule has 25 atom stereocenters. The molecular weight excluding hydrogens is 1830 g/mol. The average molecular weight is 1970 g/mol. The van der Waals surface area contributed by atoms with Crippen LogP contribution in [0.3, 0.4) is 0 Å². The third-order valence-electron chi connectivity index (χ3n) is 22.3. The van der Waals surface area contributed by atoms with Gasteiger partial charge in [-0.25, -0.2) is 27.9 Å². The lowest BCUT2D eigenvalue weighted by atomic mass is 9.92. The highest BCUT2D eigenvalue weighted by Crippen LogP contribution is 2.48. The molecule has 9 heterocycles. The predicted octanol–water partition coefficient (Wildman–Crippen LogP) is -7.93. The summed E-state index contributed by atoms with van der Waals surface area (Å²) < 4.78 is 126. The highest BCUT2D eigenvalue weighted by Gasteiger charge is 2.49. The SMILES string of the molecule is COP(=O)(O)OC[C@H]1OCC[C@@H]1OP(=O)(O)OCCCCCCNC(=O)[C@H](CCCCN(Cc1cn(CCOCCO[C@@H]2O[C@H](CO)[C@H](O)[C@H](O)[C@H]2NC(C)=O)nn1)Cc1cn(CCOCCO[C@@H]2O[C@H](CO)[C@H](O)[C@H](O)[C@H]2NC(C)=O)nn1)N(Cc1cn(CCOCCO[C@@H]2O[C@H](CO)[C@H](O)[C@H](O)[C@H]2C)nn1)Cc1cn(CCOCCO[C@@H]2O[C@H](CO)[C@H](O)[C@H](O)[C@H]2NC(C)=O)nn1. The van der Waals surface area contributed by atoms with Crippen LogP contribution in [-0.4, -0.2) is 445 Å². The van der Waals surface area contributed by atoms with E-state index in [0.29, 0.717) is 67.8 Å². The molecular formula is C77H134N18O37P2. The highest BCUT2D eigenvalue weighted by atomic mass is 31.2. The maximum absolute atomic E-state index is 15.2. The molecule has 0 aliphatic carbocycles. The lowest BCUT2D eigenvalue weighted by molar-refractivity contribution is -0.284. The number of nitrogens with zero attached hydrogens (tertiary/aromatic N) is 14. The number of aromatic nitrogens is 12. The number of hydrogen-bond acceptors (Lipinski definition) is 45. The Morgan fingerprint density at radius 3 is 1.24 bits per heavy atom. The summed E-state index contributed by atoms with van der Waals surface area (Å²) in [5, 5.41) is 170. The molecule has 2 unspecified atom stereocenters. The predicted molar refractivity (Wildman–Crippen MR) is 450 cm³/mol. The van der Waals surface area contributed by atoms with Gasteiger partial charge in [0.25, 0.3) is 0 Å². The Labute approximate surface area is 771 Å². The maximum Gasteiger partial charge on any atom is 0.472 e. The van der Waals surface area contributed by atoms with E-state index in [9.17, 15) is 94.6 Å². The van der Waals surface area contributed by atoms with E-state index in [4.69, 9.17) is 75.2 Å². The van der Waals surface area contributed by atoms with Crippen LogP contribution in [0.25, 0.3) is 0 Å². The minimum atomic E-state index is -4.64. The van der Waals surface area contributed by atoms with E-state index < -0.39 is 207 Å². The molecule has 4 amide bonds. The van der Waals surface area contributed by atoms with Gasteiger partial charge in [-0.3, -0.25) is 47.1 Å². The molecule has 55 nitrogen and oxygen atoms in total. The molecule has 4 aromatic rings. The van der Waals surface area contributed by atoms with E-state index in [0.717, 1.165) is 7.11 Å². The number of aliphatic hydroxyl groups excluding tert-OH is 12. The molecule has 5 aliphatic rings. The summed E-state index contributed by atoms with van der Waals surface area (Å²) in [6, 6.07) is -4.36. The zero-order valence-corrected chi connectivity index (χ0v) is 77.3. The van der Waals surface area contributed by atoms with Crippen LogP contribution in [0.15, 0.2) is 24.8 Å². The van der Waals surface area contributed by atoms with Gasteiger partial charge in [-0.15, -0.1) is 20.4 Å². The largest absolute Gasteiger partial charge is 0.472 e. The Morgan fingerprint density at radius 1 is 0.463 bits per heavy atom. The Hall–Kier alpha value is -6.42. The zero-order chi connectivity index (χ0) is 96.9. The van der Waals surface area contributed by atoms with E-state index in [1.54, 1.807) is 50.4 Å². The fraction of sp³-hybridized carbons (Fsp3) is 0.844. The Bertz CT molecular complexity index is 4060. The number of aliphatic hydroxyl groups is 12. The number of phosphoric acid groups is 2. The number of carbonyl (C=O) groups is 4. The van der Waals surface area contributed by atoms with Crippen LogP contribution in [0, 0.1) is 5.92 Å². The molecule has 0 bridgehead atoms. The number of rotatable bonds is 64. The summed E-state index contributed by atoms with van der Waals surface area (Å²) in [5.74, 6) is -2.53. The number of ether oxygens (including phenoxy) is 13. The fourth-order valence-corrected chi connectivity index (χ4v) is 16.6. The van der Waals surface area contributed by atoms with Gasteiger partial charge in [0, 0.05) is 104 Å². The van der Waals surface area contributed by atoms with Crippen LogP contribution in [0.2, 0.25) is 0 Å². The van der Waals surface area contributed by atoms with Gasteiger partial charge in [-0.1, -0.05) is 47.0 Å². The van der Waals surface area contributed by atoms with Crippen LogP contribution in [0.4, 0.5) is 0 Å². The van der Waals surface area contributed by atoms with Gasteiger partial charge in [-0.2, -0.15) is 0 Å². The topological polar surface area (TPSA) is 720 Å². The third kappa shape index (κ3) is 36.0. The van der Waals surface area contributed by atoms with Crippen LogP contribution in [0.5, 0.6) is 0 Å². The molecule has 764 valence electrons. The molecule has 0 radical (unpaired) electrons. The standard InChI is InChI=1S/C77H134N18O37P2/c1-47-65(103)66(104)57(42-96)128-74(47)122-30-26-117-24-18-94-40-53(84-88-94)36-91(37-54-41-95(89-85-54)19-25-120-29-33-125-77-64(81-50(4)102)72(110)69(107)60(45-99)131-77)55(73(111)78-14-9-6-7-11-20-126-134(114,115)132-56-13-21-121-61(56)46-127-133(112,113)116-5)12-8-10-15-90(34-51-38-92(86-82-51)16-22-118-27-31-123-75-62(79-48(2)100)70(108)67(105)58(43-97)129-75)35-52-39-93(87-83-52)17-23-119-28-32-124-76-63(80-49(3)101)71(109)68(106)59(44-98)130-76/h38-41,47,55-72,74-77,96-99,103-110H,6-37,42-46H2,1-5H3,(H,78,111)(H,79,100)(H,80,101)(H,81,102)(H,112,113)(H,114,115)/t47-,55+,56+,57-,58-,59-,60-,61-,62-,63-,64-,65-,66+,67+,68+,69+,70-,71-,72-,74-,75-,76-,77-/m1/s1. The molecule has 18 N–H and O–H groups in total. The lowest BCUT2D eigenvalue weighted by Gasteiger charge is -2.42. The molecule has 134 heavy (non-hydrogen) atoms. The van der Waals surface area contributed by atoms with Gasteiger partial charge in [-0.05, 0) is 32.2 Å². The van der Waals surface area contributed by atoms with Crippen molar-refractivity contribution >= 4 is 39.3 Å². The van der Waals surface area contributed by atoms with Crippen LogP contribution in [0.1, 0.15) is 102 Å². The number of amides is 4. The Kier molecular flexibility index (Phi) is 47.6. The first kappa shape index (κ1) is 111. The van der Waals surface area contributed by atoms with Gasteiger partial charge in [0.1, 0.15) is 97.5 Å². The van der Waals surface area contributed by atoms with Crippen molar-refractivity contribution in [2.45, 2.75) is 266 Å². The summed E-state index contributed by atoms with van der Waals surface area (Å²) in [5.41, 5.74) is 1.99. The first-order chi connectivity index (χ1) is 64.3. The number of nitrogens with one attached hydrogen (secondary N) is 4. The summed E-state index contributed by atoms with van der Waals surface area (Å²) in [6.07, 6.45) is -12.7.